The number of carbonyl (C=O) groups is 1. The molecule has 0 spiro atoms. The van der Waals surface area contributed by atoms with Crippen molar-refractivity contribution in [2.75, 3.05) is 6.61 Å². The highest BCUT2D eigenvalue weighted by atomic mass is 35.5. The number of ether oxygens (including phenoxy) is 1. The normalized spacial score (nSPS) is 10.8. The van der Waals surface area contributed by atoms with Crippen molar-refractivity contribution in [2.24, 2.45) is 0 Å². The lowest BCUT2D eigenvalue weighted by Gasteiger charge is -2.07. The summed E-state index contributed by atoms with van der Waals surface area (Å²) < 4.78 is 6.97. The number of aromatic nitrogens is 1. The monoisotopic (exact) mass is 265 g/mol. The fraction of sp³-hybridized carbons (Fsp3) is 0.357. The van der Waals surface area contributed by atoms with Gasteiger partial charge < -0.3 is 9.30 Å². The lowest BCUT2D eigenvalue weighted by atomic mass is 10.2. The van der Waals surface area contributed by atoms with Gasteiger partial charge in [-0.15, -0.1) is 0 Å². The fourth-order valence-electron chi connectivity index (χ4n) is 1.86. The van der Waals surface area contributed by atoms with Gasteiger partial charge in [0, 0.05) is 11.6 Å². The summed E-state index contributed by atoms with van der Waals surface area (Å²) in [6.45, 7) is 2.76. The molecule has 3 nitrogen and oxygen atoms in total. The van der Waals surface area contributed by atoms with E-state index in [0.29, 0.717) is 11.6 Å². The number of carbonyl (C=O) groups excluding carboxylic acids is 1. The largest absolute Gasteiger partial charge is 0.464 e. The van der Waals surface area contributed by atoms with E-state index in [1.807, 2.05) is 35.0 Å². The lowest BCUT2D eigenvalue weighted by Crippen LogP contribution is -2.13. The third-order valence-electron chi connectivity index (χ3n) is 2.80. The average Bonchev–Trinajstić information content (AvgIpc) is 2.74. The Morgan fingerprint density at radius 1 is 1.39 bits per heavy atom. The second-order valence-corrected chi connectivity index (χ2v) is 4.60. The summed E-state index contributed by atoms with van der Waals surface area (Å²) in [6, 6.07) is 7.64. The van der Waals surface area contributed by atoms with Crippen LogP contribution in [0.2, 0.25) is 5.02 Å². The van der Waals surface area contributed by atoms with E-state index in [2.05, 4.69) is 6.92 Å². The highest BCUT2D eigenvalue weighted by molar-refractivity contribution is 6.35. The number of hydrogen-bond acceptors (Lipinski definition) is 2. The first-order valence-corrected chi connectivity index (χ1v) is 6.49. The van der Waals surface area contributed by atoms with Crippen molar-refractivity contribution in [1.82, 2.24) is 4.57 Å². The van der Waals surface area contributed by atoms with Gasteiger partial charge in [0.25, 0.3) is 0 Å². The Morgan fingerprint density at radius 2 is 2.22 bits per heavy atom. The van der Waals surface area contributed by atoms with Crippen LogP contribution in [0.15, 0.2) is 30.5 Å². The molecular weight excluding hydrogens is 250 g/mol. The molecule has 1 heterocycles. The van der Waals surface area contributed by atoms with E-state index in [1.54, 1.807) is 0 Å². The smallest absolute Gasteiger partial charge is 0.325 e. The molecule has 2 rings (SSSR count). The maximum Gasteiger partial charge on any atom is 0.325 e. The number of benzene rings is 1. The maximum atomic E-state index is 11.7. The van der Waals surface area contributed by atoms with Crippen molar-refractivity contribution >= 4 is 28.5 Å². The lowest BCUT2D eigenvalue weighted by molar-refractivity contribution is -0.144. The van der Waals surface area contributed by atoms with Crippen molar-refractivity contribution in [3.8, 4) is 0 Å². The molecule has 0 fully saturated rings. The van der Waals surface area contributed by atoms with Crippen LogP contribution in [-0.2, 0) is 16.1 Å². The molecule has 0 unspecified atom stereocenters. The predicted octanol–water partition coefficient (Wildman–Crippen LogP) is 3.64. The predicted molar refractivity (Wildman–Crippen MR) is 72.8 cm³/mol. The zero-order chi connectivity index (χ0) is 13.0. The Bertz CT molecular complexity index is 548. The summed E-state index contributed by atoms with van der Waals surface area (Å²) in [5.74, 6) is -0.221. The summed E-state index contributed by atoms with van der Waals surface area (Å²) in [6.07, 6.45) is 3.78. The summed E-state index contributed by atoms with van der Waals surface area (Å²) in [5, 5.41) is 1.68. The molecule has 2 aromatic rings. The topological polar surface area (TPSA) is 31.2 Å². The van der Waals surface area contributed by atoms with E-state index in [-0.39, 0.29) is 12.5 Å². The quantitative estimate of drug-likeness (QED) is 0.611. The van der Waals surface area contributed by atoms with Crippen molar-refractivity contribution in [1.29, 1.82) is 0 Å². The number of unbranched alkanes of at least 4 members (excludes halogenated alkanes) is 1. The molecular formula is C14H16ClNO2. The first kappa shape index (κ1) is 13.0. The van der Waals surface area contributed by atoms with Gasteiger partial charge >= 0.3 is 5.97 Å². The van der Waals surface area contributed by atoms with Crippen LogP contribution in [0.4, 0.5) is 0 Å². The molecule has 0 aliphatic heterocycles. The molecule has 0 radical (unpaired) electrons. The van der Waals surface area contributed by atoms with Gasteiger partial charge in [-0.25, -0.2) is 0 Å². The van der Waals surface area contributed by atoms with Crippen molar-refractivity contribution in [2.45, 2.75) is 26.3 Å². The van der Waals surface area contributed by atoms with Gasteiger partial charge in [0.1, 0.15) is 6.54 Å². The number of halogens is 1. The third-order valence-corrected chi connectivity index (χ3v) is 3.10. The molecule has 0 bridgehead atoms. The minimum atomic E-state index is -0.221. The summed E-state index contributed by atoms with van der Waals surface area (Å²) in [4.78, 5) is 11.7. The van der Waals surface area contributed by atoms with Gasteiger partial charge in [-0.3, -0.25) is 4.79 Å². The van der Waals surface area contributed by atoms with Crippen LogP contribution >= 0.6 is 11.6 Å². The van der Waals surface area contributed by atoms with Crippen LogP contribution in [0.5, 0.6) is 0 Å². The van der Waals surface area contributed by atoms with Crippen molar-refractivity contribution in [3.05, 3.63) is 35.5 Å². The van der Waals surface area contributed by atoms with E-state index >= 15 is 0 Å². The Morgan fingerprint density at radius 3 is 3.00 bits per heavy atom. The minimum absolute atomic E-state index is 0.205. The molecule has 0 N–H and O–H groups in total. The van der Waals surface area contributed by atoms with E-state index in [1.165, 1.54) is 0 Å². The van der Waals surface area contributed by atoms with Gasteiger partial charge in [-0.2, -0.15) is 0 Å². The number of fused-ring (bicyclic) bond motifs is 1. The SMILES string of the molecule is CCCCOC(=O)Cn1ccc2cccc(Cl)c21. The van der Waals surface area contributed by atoms with Gasteiger partial charge in [0.15, 0.2) is 0 Å². The number of nitrogens with zero attached hydrogens (tertiary/aromatic N) is 1. The summed E-state index contributed by atoms with van der Waals surface area (Å²) in [7, 11) is 0. The van der Waals surface area contributed by atoms with Gasteiger partial charge in [-0.05, 0) is 18.6 Å². The van der Waals surface area contributed by atoms with Gasteiger partial charge in [0.2, 0.25) is 0 Å². The molecule has 4 heteroatoms. The van der Waals surface area contributed by atoms with Gasteiger partial charge in [-0.1, -0.05) is 37.1 Å². The molecule has 0 aliphatic carbocycles. The Kier molecular flexibility index (Phi) is 4.26. The Balaban J connectivity index is 2.10. The zero-order valence-corrected chi connectivity index (χ0v) is 11.1. The second kappa shape index (κ2) is 5.91. The van der Waals surface area contributed by atoms with Crippen LogP contribution in [-0.4, -0.2) is 17.1 Å². The molecule has 18 heavy (non-hydrogen) atoms. The second-order valence-electron chi connectivity index (χ2n) is 4.20. The van der Waals surface area contributed by atoms with Crippen molar-refractivity contribution < 1.29 is 9.53 Å². The molecule has 0 aliphatic rings. The molecule has 96 valence electrons. The summed E-state index contributed by atoms with van der Waals surface area (Å²) in [5.41, 5.74) is 0.881. The first-order chi connectivity index (χ1) is 8.72. The van der Waals surface area contributed by atoms with Crippen LogP contribution in [0.25, 0.3) is 10.9 Å². The van der Waals surface area contributed by atoms with E-state index < -0.39 is 0 Å². The highest BCUT2D eigenvalue weighted by Crippen LogP contribution is 2.24. The average molecular weight is 266 g/mol. The van der Waals surface area contributed by atoms with Crippen molar-refractivity contribution in [3.63, 3.8) is 0 Å². The number of para-hydroxylation sites is 1. The number of rotatable bonds is 5. The van der Waals surface area contributed by atoms with Crippen LogP contribution < -0.4 is 0 Å². The number of esters is 1. The standard InChI is InChI=1S/C14H16ClNO2/c1-2-3-9-18-13(17)10-16-8-7-11-5-4-6-12(15)14(11)16/h4-8H,2-3,9-10H2,1H3. The number of hydrogen-bond donors (Lipinski definition) is 0. The highest BCUT2D eigenvalue weighted by Gasteiger charge is 2.09. The van der Waals surface area contributed by atoms with Crippen LogP contribution in [0.1, 0.15) is 19.8 Å². The summed E-state index contributed by atoms with van der Waals surface area (Å²) >= 11 is 6.14. The Hall–Kier alpha value is -1.48. The van der Waals surface area contributed by atoms with E-state index in [4.69, 9.17) is 16.3 Å². The third kappa shape index (κ3) is 2.85. The Labute approximate surface area is 111 Å². The van der Waals surface area contributed by atoms with Crippen LogP contribution in [0.3, 0.4) is 0 Å². The molecule has 0 saturated carbocycles. The van der Waals surface area contributed by atoms with Gasteiger partial charge in [0.05, 0.1) is 17.1 Å². The zero-order valence-electron chi connectivity index (χ0n) is 10.4. The molecule has 1 aromatic carbocycles. The van der Waals surface area contributed by atoms with Crippen LogP contribution in [0, 0.1) is 0 Å². The van der Waals surface area contributed by atoms with E-state index in [9.17, 15) is 4.79 Å². The van der Waals surface area contributed by atoms with E-state index in [0.717, 1.165) is 23.7 Å². The molecule has 0 atom stereocenters. The fourth-order valence-corrected chi connectivity index (χ4v) is 2.15. The molecule has 1 aromatic heterocycles. The molecule has 0 saturated heterocycles. The first-order valence-electron chi connectivity index (χ1n) is 6.11. The minimum Gasteiger partial charge on any atom is -0.464 e. The molecule has 0 amide bonds. The maximum absolute atomic E-state index is 11.7.